The van der Waals surface area contributed by atoms with Crippen LogP contribution in [-0.4, -0.2) is 23.8 Å². The van der Waals surface area contributed by atoms with Crippen LogP contribution in [0.15, 0.2) is 41.0 Å². The van der Waals surface area contributed by atoms with Crippen molar-refractivity contribution in [3.05, 3.63) is 41.6 Å². The number of hydrogen-bond donors (Lipinski definition) is 1. The molecule has 0 unspecified atom stereocenters. The lowest BCUT2D eigenvalue weighted by molar-refractivity contribution is -0.114. The number of nitrogens with zero attached hydrogens (tertiary/aromatic N) is 2. The summed E-state index contributed by atoms with van der Waals surface area (Å²) in [4.78, 5) is 16.7. The van der Waals surface area contributed by atoms with E-state index in [0.717, 1.165) is 5.56 Å². The monoisotopic (exact) mass is 201 g/mol. The number of nitrogens with two attached hydrogens (primary N) is 1. The molecule has 1 aromatic rings. The van der Waals surface area contributed by atoms with Crippen molar-refractivity contribution >= 4 is 17.9 Å². The van der Waals surface area contributed by atoms with Crippen molar-refractivity contribution in [2.75, 3.05) is 7.05 Å². The van der Waals surface area contributed by atoms with Crippen LogP contribution >= 0.6 is 0 Å². The summed E-state index contributed by atoms with van der Waals surface area (Å²) >= 11 is 0. The van der Waals surface area contributed by atoms with E-state index in [9.17, 15) is 4.79 Å². The van der Waals surface area contributed by atoms with Gasteiger partial charge in [-0.25, -0.2) is 0 Å². The quantitative estimate of drug-likeness (QED) is 0.684. The second kappa shape index (κ2) is 3.57. The van der Waals surface area contributed by atoms with E-state index in [2.05, 4.69) is 4.99 Å². The van der Waals surface area contributed by atoms with E-state index in [4.69, 9.17) is 5.73 Å². The largest absolute Gasteiger partial charge is 0.369 e. The van der Waals surface area contributed by atoms with Gasteiger partial charge in [-0.05, 0) is 11.6 Å². The predicted octanol–water partition coefficient (Wildman–Crippen LogP) is 0.814. The lowest BCUT2D eigenvalue weighted by Gasteiger charge is -2.10. The van der Waals surface area contributed by atoms with Crippen LogP contribution in [0.25, 0.3) is 6.08 Å². The first kappa shape index (κ1) is 9.45. The second-order valence-corrected chi connectivity index (χ2v) is 3.27. The molecule has 0 aromatic heterocycles. The third-order valence-corrected chi connectivity index (χ3v) is 2.24. The Balaban J connectivity index is 2.34. The molecular weight excluding hydrogens is 190 g/mol. The van der Waals surface area contributed by atoms with Crippen molar-refractivity contribution < 1.29 is 4.79 Å². The molecule has 15 heavy (non-hydrogen) atoms. The Labute approximate surface area is 87.7 Å². The van der Waals surface area contributed by atoms with Crippen molar-refractivity contribution in [2.45, 2.75) is 0 Å². The average molecular weight is 201 g/mol. The number of rotatable bonds is 1. The molecule has 0 saturated carbocycles. The number of aliphatic imine (C=N–C) groups is 1. The van der Waals surface area contributed by atoms with E-state index in [-0.39, 0.29) is 11.9 Å². The summed E-state index contributed by atoms with van der Waals surface area (Å²) in [5.41, 5.74) is 6.98. The lowest BCUT2D eigenvalue weighted by atomic mass is 10.2. The van der Waals surface area contributed by atoms with E-state index in [1.165, 1.54) is 0 Å². The van der Waals surface area contributed by atoms with Crippen molar-refractivity contribution in [1.29, 1.82) is 0 Å². The molecule has 1 aromatic carbocycles. The van der Waals surface area contributed by atoms with Gasteiger partial charge in [0, 0.05) is 7.05 Å². The summed E-state index contributed by atoms with van der Waals surface area (Å²) in [5.74, 6) is -0.0546. The molecule has 1 aliphatic heterocycles. The Kier molecular flexibility index (Phi) is 2.25. The Morgan fingerprint density at radius 1 is 1.33 bits per heavy atom. The van der Waals surface area contributed by atoms with Crippen LogP contribution in [0, 0.1) is 0 Å². The first-order chi connectivity index (χ1) is 7.18. The molecule has 0 radical (unpaired) electrons. The van der Waals surface area contributed by atoms with E-state index < -0.39 is 0 Å². The zero-order chi connectivity index (χ0) is 10.8. The zero-order valence-electron chi connectivity index (χ0n) is 8.34. The van der Waals surface area contributed by atoms with Gasteiger partial charge in [-0.15, -0.1) is 0 Å². The Hall–Kier alpha value is -2.10. The van der Waals surface area contributed by atoms with E-state index in [1.807, 2.05) is 30.3 Å². The average Bonchev–Trinajstić information content (AvgIpc) is 2.47. The van der Waals surface area contributed by atoms with Gasteiger partial charge in [-0.1, -0.05) is 30.3 Å². The fourth-order valence-electron chi connectivity index (χ4n) is 1.37. The summed E-state index contributed by atoms with van der Waals surface area (Å²) in [6, 6.07) is 9.59. The molecule has 1 amide bonds. The van der Waals surface area contributed by atoms with Crippen molar-refractivity contribution in [2.24, 2.45) is 10.7 Å². The van der Waals surface area contributed by atoms with Gasteiger partial charge in [0.25, 0.3) is 5.91 Å². The van der Waals surface area contributed by atoms with Crippen LogP contribution < -0.4 is 5.73 Å². The molecule has 0 aliphatic carbocycles. The molecule has 0 fully saturated rings. The highest BCUT2D eigenvalue weighted by atomic mass is 16.2. The number of likely N-dealkylation sites (N-methyl/N-ethyl adjacent to an activating group) is 1. The molecule has 4 nitrogen and oxygen atoms in total. The molecule has 0 bridgehead atoms. The maximum Gasteiger partial charge on any atom is 0.296 e. The smallest absolute Gasteiger partial charge is 0.296 e. The normalized spacial score (nSPS) is 18.5. The van der Waals surface area contributed by atoms with Crippen LogP contribution in [0.4, 0.5) is 0 Å². The topological polar surface area (TPSA) is 58.7 Å². The zero-order valence-corrected chi connectivity index (χ0v) is 8.34. The summed E-state index contributed by atoms with van der Waals surface area (Å²) < 4.78 is 0. The lowest BCUT2D eigenvalue weighted by Crippen LogP contribution is -2.28. The van der Waals surface area contributed by atoms with Gasteiger partial charge in [0.2, 0.25) is 5.96 Å². The number of benzene rings is 1. The minimum atomic E-state index is -0.293. The highest BCUT2D eigenvalue weighted by molar-refractivity contribution is 6.11. The molecule has 2 rings (SSSR count). The van der Waals surface area contributed by atoms with Crippen LogP contribution in [0.5, 0.6) is 0 Å². The SMILES string of the molecule is CN1C(=Cc2ccccc2)C(=O)N=C1N. The number of guanidine groups is 1. The van der Waals surface area contributed by atoms with Gasteiger partial charge in [0.05, 0.1) is 0 Å². The van der Waals surface area contributed by atoms with Gasteiger partial charge >= 0.3 is 0 Å². The van der Waals surface area contributed by atoms with Gasteiger partial charge in [-0.2, -0.15) is 4.99 Å². The molecule has 2 N–H and O–H groups in total. The first-order valence-corrected chi connectivity index (χ1v) is 4.57. The summed E-state index contributed by atoms with van der Waals surface area (Å²) in [6.45, 7) is 0. The van der Waals surface area contributed by atoms with E-state index in [1.54, 1.807) is 18.0 Å². The number of carbonyl (C=O) groups excluding carboxylic acids is 1. The summed E-state index contributed by atoms with van der Waals surface area (Å²) in [5, 5.41) is 0. The van der Waals surface area contributed by atoms with Gasteiger partial charge in [0.1, 0.15) is 5.70 Å². The van der Waals surface area contributed by atoms with Gasteiger partial charge < -0.3 is 10.6 Å². The molecule has 4 heteroatoms. The number of hydrogen-bond acceptors (Lipinski definition) is 3. The van der Waals surface area contributed by atoms with Gasteiger partial charge in [-0.3, -0.25) is 4.79 Å². The first-order valence-electron chi connectivity index (χ1n) is 4.57. The molecule has 0 spiro atoms. The second-order valence-electron chi connectivity index (χ2n) is 3.27. The maximum absolute atomic E-state index is 11.4. The molecule has 1 aliphatic rings. The van der Waals surface area contributed by atoms with Crippen molar-refractivity contribution in [1.82, 2.24) is 4.90 Å². The predicted molar refractivity (Wildman–Crippen MR) is 58.8 cm³/mol. The Morgan fingerprint density at radius 3 is 2.53 bits per heavy atom. The standard InChI is InChI=1S/C11H11N3O/c1-14-9(10(15)13-11(14)12)7-8-5-3-2-4-6-8/h2-7H,1H3,(H2,12,13,15). The molecule has 0 atom stereocenters. The number of amides is 1. The summed E-state index contributed by atoms with van der Waals surface area (Å²) in [6.07, 6.45) is 1.77. The fourth-order valence-corrected chi connectivity index (χ4v) is 1.37. The van der Waals surface area contributed by atoms with E-state index in [0.29, 0.717) is 5.70 Å². The van der Waals surface area contributed by atoms with Crippen LogP contribution in [-0.2, 0) is 4.79 Å². The molecular formula is C11H11N3O. The van der Waals surface area contributed by atoms with Crippen LogP contribution in [0.1, 0.15) is 5.56 Å². The van der Waals surface area contributed by atoms with Crippen LogP contribution in [0.3, 0.4) is 0 Å². The minimum Gasteiger partial charge on any atom is -0.369 e. The highest BCUT2D eigenvalue weighted by Gasteiger charge is 2.23. The van der Waals surface area contributed by atoms with Crippen molar-refractivity contribution in [3.8, 4) is 0 Å². The van der Waals surface area contributed by atoms with Crippen molar-refractivity contribution in [3.63, 3.8) is 0 Å². The Morgan fingerprint density at radius 2 is 2.00 bits per heavy atom. The molecule has 76 valence electrons. The molecule has 0 saturated heterocycles. The Bertz CT molecular complexity index is 448. The third-order valence-electron chi connectivity index (χ3n) is 2.24. The van der Waals surface area contributed by atoms with Crippen LogP contribution in [0.2, 0.25) is 0 Å². The fraction of sp³-hybridized carbons (Fsp3) is 0.0909. The minimum absolute atomic E-state index is 0.238. The third kappa shape index (κ3) is 1.74. The van der Waals surface area contributed by atoms with E-state index >= 15 is 0 Å². The maximum atomic E-state index is 11.4. The number of carbonyl (C=O) groups is 1. The summed E-state index contributed by atoms with van der Waals surface area (Å²) in [7, 11) is 1.72. The van der Waals surface area contributed by atoms with Gasteiger partial charge in [0.15, 0.2) is 0 Å². The highest BCUT2D eigenvalue weighted by Crippen LogP contribution is 2.15. The molecule has 1 heterocycles.